The maximum atomic E-state index is 12.6. The van der Waals surface area contributed by atoms with Crippen molar-refractivity contribution < 1.29 is 9.90 Å². The predicted molar refractivity (Wildman–Crippen MR) is 117 cm³/mol. The maximum absolute atomic E-state index is 12.6. The topological polar surface area (TPSA) is 132 Å². The van der Waals surface area contributed by atoms with E-state index in [4.69, 9.17) is 9.98 Å². The molecule has 0 bridgehead atoms. The Morgan fingerprint density at radius 2 is 2.12 bits per heavy atom. The summed E-state index contributed by atoms with van der Waals surface area (Å²) in [5.74, 6) is -0.192. The molecule has 0 atom stereocenters. The van der Waals surface area contributed by atoms with Crippen LogP contribution in [0.2, 0.25) is 0 Å². The molecule has 32 heavy (non-hydrogen) atoms. The molecule has 11 heteroatoms. The second-order valence-corrected chi connectivity index (χ2v) is 9.07. The van der Waals surface area contributed by atoms with E-state index in [1.165, 1.54) is 11.3 Å². The third-order valence-electron chi connectivity index (χ3n) is 5.59. The highest BCUT2D eigenvalue weighted by Gasteiger charge is 2.24. The molecule has 0 spiro atoms. The van der Waals surface area contributed by atoms with Crippen molar-refractivity contribution in [2.45, 2.75) is 25.3 Å². The first-order valence-corrected chi connectivity index (χ1v) is 11.2. The van der Waals surface area contributed by atoms with Crippen molar-refractivity contribution in [3.63, 3.8) is 0 Å². The summed E-state index contributed by atoms with van der Waals surface area (Å²) in [6.07, 6.45) is 6.38. The Morgan fingerprint density at radius 1 is 1.28 bits per heavy atom. The summed E-state index contributed by atoms with van der Waals surface area (Å²) in [6.45, 7) is 1.62. The third kappa shape index (κ3) is 3.30. The van der Waals surface area contributed by atoms with Gasteiger partial charge in [0.2, 0.25) is 5.88 Å². The molecule has 4 aromatic heterocycles. The standard InChI is InChI=1S/C21H19N7O3S/c29-19-14(25-21(31)26-19)8-11-10-22-28-17(23-12-2-3-12)9-13(24-18(11)28)15-4-5-16(32-15)20(30)27-6-1-7-27/h4-5,8-10,12,29H,1-3,6-7H2,(H2,25,26,31)/b11-8-,23-17?. The van der Waals surface area contributed by atoms with Gasteiger partial charge in [-0.2, -0.15) is 9.61 Å². The number of aromatic hydroxyl groups is 1. The Balaban J connectivity index is 1.50. The van der Waals surface area contributed by atoms with Crippen molar-refractivity contribution in [1.82, 2.24) is 29.5 Å². The van der Waals surface area contributed by atoms with Gasteiger partial charge in [-0.3, -0.25) is 14.8 Å². The van der Waals surface area contributed by atoms with Crippen LogP contribution >= 0.6 is 11.3 Å². The van der Waals surface area contributed by atoms with Crippen LogP contribution in [0.25, 0.3) is 22.3 Å². The smallest absolute Gasteiger partial charge is 0.326 e. The molecule has 2 fully saturated rings. The molecule has 10 nitrogen and oxygen atoms in total. The molecule has 6 rings (SSSR count). The molecule has 1 aliphatic carbocycles. The molecular formula is C21H19N7O3S. The van der Waals surface area contributed by atoms with Gasteiger partial charge in [-0.05, 0) is 37.5 Å². The molecule has 3 N–H and O–H groups in total. The van der Waals surface area contributed by atoms with Crippen molar-refractivity contribution in [3.05, 3.63) is 56.2 Å². The number of aromatic nitrogens is 5. The number of likely N-dealkylation sites (tertiary alicyclic amines) is 1. The van der Waals surface area contributed by atoms with Gasteiger partial charge in [0, 0.05) is 24.4 Å². The van der Waals surface area contributed by atoms with Crippen LogP contribution < -0.4 is 16.4 Å². The number of thiophene rings is 1. The molecule has 0 radical (unpaired) electrons. The minimum absolute atomic E-state index is 0.0572. The van der Waals surface area contributed by atoms with Crippen molar-refractivity contribution in [2.75, 3.05) is 13.1 Å². The normalized spacial score (nSPS) is 17.3. The van der Waals surface area contributed by atoms with Gasteiger partial charge in [-0.1, -0.05) is 0 Å². The molecule has 2 aliphatic rings. The summed E-state index contributed by atoms with van der Waals surface area (Å²) < 4.78 is 1.66. The van der Waals surface area contributed by atoms with E-state index in [2.05, 4.69) is 15.1 Å². The molecule has 1 aliphatic heterocycles. The van der Waals surface area contributed by atoms with Crippen molar-refractivity contribution >= 4 is 29.0 Å². The van der Waals surface area contributed by atoms with E-state index >= 15 is 0 Å². The average Bonchev–Trinajstić information content (AvgIpc) is 3.11. The summed E-state index contributed by atoms with van der Waals surface area (Å²) in [5.41, 5.74) is 1.68. The van der Waals surface area contributed by atoms with E-state index < -0.39 is 5.69 Å². The first-order valence-electron chi connectivity index (χ1n) is 10.4. The fraction of sp³-hybridized carbons (Fsp3) is 0.286. The zero-order valence-electron chi connectivity index (χ0n) is 16.9. The number of hydrogen-bond donors (Lipinski definition) is 3. The lowest BCUT2D eigenvalue weighted by Crippen LogP contribution is -2.41. The van der Waals surface area contributed by atoms with Crippen molar-refractivity contribution in [1.29, 1.82) is 0 Å². The van der Waals surface area contributed by atoms with Gasteiger partial charge >= 0.3 is 5.69 Å². The summed E-state index contributed by atoms with van der Waals surface area (Å²) in [7, 11) is 0. The average molecular weight is 449 g/mol. The highest BCUT2D eigenvalue weighted by atomic mass is 32.1. The lowest BCUT2D eigenvalue weighted by Gasteiger charge is -2.30. The zero-order valence-corrected chi connectivity index (χ0v) is 17.7. The van der Waals surface area contributed by atoms with Gasteiger partial charge in [0.05, 0.1) is 27.7 Å². The monoisotopic (exact) mass is 449 g/mol. The highest BCUT2D eigenvalue weighted by molar-refractivity contribution is 7.17. The summed E-state index contributed by atoms with van der Waals surface area (Å²) in [4.78, 5) is 41.9. The number of rotatable bonds is 4. The fourth-order valence-corrected chi connectivity index (χ4v) is 4.52. The fourth-order valence-electron chi connectivity index (χ4n) is 3.59. The van der Waals surface area contributed by atoms with E-state index in [-0.39, 0.29) is 23.5 Å². The van der Waals surface area contributed by atoms with Crippen LogP contribution in [0.4, 0.5) is 0 Å². The van der Waals surface area contributed by atoms with Crippen LogP contribution in [0.15, 0.2) is 34.2 Å². The van der Waals surface area contributed by atoms with E-state index in [9.17, 15) is 14.7 Å². The summed E-state index contributed by atoms with van der Waals surface area (Å²) >= 11 is 1.41. The van der Waals surface area contributed by atoms with E-state index in [0.29, 0.717) is 26.9 Å². The molecule has 1 amide bonds. The molecule has 0 unspecified atom stereocenters. The Bertz CT molecular complexity index is 1540. The summed E-state index contributed by atoms with van der Waals surface area (Å²) in [6, 6.07) is 5.92. The number of amides is 1. The van der Waals surface area contributed by atoms with E-state index in [1.807, 2.05) is 23.1 Å². The first-order chi connectivity index (χ1) is 15.5. The molecule has 5 heterocycles. The number of hydrogen-bond acceptors (Lipinski definition) is 7. The van der Waals surface area contributed by atoms with Crippen LogP contribution in [0.5, 0.6) is 5.88 Å². The van der Waals surface area contributed by atoms with Gasteiger partial charge < -0.3 is 15.0 Å². The van der Waals surface area contributed by atoms with Crippen LogP contribution in [0, 0.1) is 0 Å². The second kappa shape index (κ2) is 7.16. The highest BCUT2D eigenvalue weighted by Crippen LogP contribution is 2.28. The Morgan fingerprint density at radius 3 is 2.81 bits per heavy atom. The van der Waals surface area contributed by atoms with E-state index in [0.717, 1.165) is 37.2 Å². The van der Waals surface area contributed by atoms with Crippen molar-refractivity contribution in [3.8, 4) is 16.5 Å². The van der Waals surface area contributed by atoms with Gasteiger partial charge in [-0.25, -0.2) is 9.78 Å². The number of nitrogens with zero attached hydrogens (tertiary/aromatic N) is 5. The number of aromatic amines is 2. The van der Waals surface area contributed by atoms with Gasteiger partial charge in [0.1, 0.15) is 5.69 Å². The lowest BCUT2D eigenvalue weighted by atomic mass is 10.2. The number of nitrogens with one attached hydrogen (secondary N) is 2. The number of imidazole rings is 1. The molecule has 1 saturated heterocycles. The first kappa shape index (κ1) is 19.0. The number of H-pyrrole nitrogens is 2. The maximum Gasteiger partial charge on any atom is 0.326 e. The third-order valence-corrected chi connectivity index (χ3v) is 6.69. The minimum Gasteiger partial charge on any atom is -0.493 e. The van der Waals surface area contributed by atoms with Crippen LogP contribution in [-0.4, -0.2) is 59.6 Å². The Labute approximate surface area is 184 Å². The molecule has 1 saturated carbocycles. The zero-order chi connectivity index (χ0) is 21.8. The SMILES string of the molecule is O=C(c1ccc(-c2cc(=NC3CC3)n3nc/c(=C/c4[nH]c(=O)[nH]c4O)c3n2)s1)N1CCC1. The lowest BCUT2D eigenvalue weighted by molar-refractivity contribution is 0.0657. The van der Waals surface area contributed by atoms with Gasteiger partial charge in [-0.15, -0.1) is 11.3 Å². The number of fused-ring (bicyclic) bond motifs is 1. The molecular weight excluding hydrogens is 430 g/mol. The minimum atomic E-state index is -0.499. The van der Waals surface area contributed by atoms with Crippen LogP contribution in [0.3, 0.4) is 0 Å². The second-order valence-electron chi connectivity index (χ2n) is 7.99. The Hall–Kier alpha value is -3.73. The van der Waals surface area contributed by atoms with Crippen molar-refractivity contribution in [2.24, 2.45) is 4.99 Å². The largest absolute Gasteiger partial charge is 0.493 e. The molecule has 4 aromatic rings. The Kier molecular flexibility index (Phi) is 4.25. The number of carbonyl (C=O) groups excluding carboxylic acids is 1. The molecule has 0 aromatic carbocycles. The van der Waals surface area contributed by atoms with Gasteiger partial charge in [0.15, 0.2) is 11.1 Å². The van der Waals surface area contributed by atoms with Crippen LogP contribution in [-0.2, 0) is 0 Å². The number of carbonyl (C=O) groups is 1. The predicted octanol–water partition coefficient (Wildman–Crippen LogP) is 0.637. The quantitative estimate of drug-likeness (QED) is 0.421. The summed E-state index contributed by atoms with van der Waals surface area (Å²) in [5, 5.41) is 15.0. The molecule has 162 valence electrons. The van der Waals surface area contributed by atoms with E-state index in [1.54, 1.807) is 16.8 Å². The van der Waals surface area contributed by atoms with Crippen LogP contribution in [0.1, 0.15) is 34.6 Å². The van der Waals surface area contributed by atoms with Gasteiger partial charge in [0.25, 0.3) is 5.91 Å².